The molecule has 2 rings (SSSR count). The Morgan fingerprint density at radius 1 is 1.18 bits per heavy atom. The minimum Gasteiger partial charge on any atom is -0.481 e. The van der Waals surface area contributed by atoms with Gasteiger partial charge in [0.15, 0.2) is 0 Å². The van der Waals surface area contributed by atoms with Crippen LogP contribution in [0.2, 0.25) is 0 Å². The molecule has 0 aromatic heterocycles. The molecule has 1 aliphatic rings. The first-order valence-corrected chi connectivity index (χ1v) is 7.70. The highest BCUT2D eigenvalue weighted by atomic mass is 16.4. The average molecular weight is 301 g/mol. The van der Waals surface area contributed by atoms with Crippen LogP contribution in [0.5, 0.6) is 0 Å². The lowest BCUT2D eigenvalue weighted by Gasteiger charge is -2.29. The molecule has 0 aliphatic heterocycles. The van der Waals surface area contributed by atoms with Gasteiger partial charge in [-0.3, -0.25) is 9.59 Å². The summed E-state index contributed by atoms with van der Waals surface area (Å²) in [4.78, 5) is 24.0. The highest BCUT2D eigenvalue weighted by molar-refractivity contribution is 5.95. The number of amides is 1. The molecule has 1 aromatic carbocycles. The van der Waals surface area contributed by atoms with Crippen LogP contribution in [0.3, 0.4) is 0 Å². The summed E-state index contributed by atoms with van der Waals surface area (Å²) in [6, 6.07) is 7.68. The summed E-state index contributed by atoms with van der Waals surface area (Å²) in [6.07, 6.45) is 1.86. The van der Waals surface area contributed by atoms with Crippen molar-refractivity contribution < 1.29 is 14.7 Å². The molecule has 0 fully saturated rings. The molecule has 2 N–H and O–H groups in total. The summed E-state index contributed by atoms with van der Waals surface area (Å²) in [5.41, 5.74) is 4.09. The summed E-state index contributed by atoms with van der Waals surface area (Å²) in [7, 11) is 0. The number of carboxylic acids is 1. The highest BCUT2D eigenvalue weighted by Crippen LogP contribution is 2.35. The molecule has 2 atom stereocenters. The second-order valence-electron chi connectivity index (χ2n) is 6.06. The van der Waals surface area contributed by atoms with Crippen LogP contribution in [-0.2, 0) is 16.0 Å². The number of allylic oxidation sites excluding steroid dienone is 2. The lowest BCUT2D eigenvalue weighted by Crippen LogP contribution is -2.36. The van der Waals surface area contributed by atoms with E-state index in [1.54, 1.807) is 0 Å². The first-order chi connectivity index (χ1) is 10.4. The molecule has 118 valence electrons. The van der Waals surface area contributed by atoms with Crippen molar-refractivity contribution in [3.05, 3.63) is 41.0 Å². The molecule has 0 heterocycles. The van der Waals surface area contributed by atoms with Gasteiger partial charge in [-0.15, -0.1) is 0 Å². The zero-order valence-corrected chi connectivity index (χ0v) is 13.3. The van der Waals surface area contributed by atoms with Gasteiger partial charge in [0.2, 0.25) is 5.91 Å². The van der Waals surface area contributed by atoms with Gasteiger partial charge in [-0.2, -0.15) is 0 Å². The van der Waals surface area contributed by atoms with Gasteiger partial charge in [-0.1, -0.05) is 30.2 Å². The van der Waals surface area contributed by atoms with Crippen LogP contribution >= 0.6 is 0 Å². The lowest BCUT2D eigenvalue weighted by atomic mass is 9.76. The number of hydrogen-bond acceptors (Lipinski definition) is 2. The third-order valence-corrected chi connectivity index (χ3v) is 4.52. The first-order valence-electron chi connectivity index (χ1n) is 7.70. The number of aryl methyl sites for hydroxylation is 1. The number of carboxylic acid groups (broad SMARTS) is 1. The van der Waals surface area contributed by atoms with Gasteiger partial charge in [0.05, 0.1) is 11.8 Å². The monoisotopic (exact) mass is 301 g/mol. The van der Waals surface area contributed by atoms with Crippen LogP contribution < -0.4 is 5.32 Å². The van der Waals surface area contributed by atoms with E-state index in [0.717, 1.165) is 28.8 Å². The Morgan fingerprint density at radius 2 is 1.82 bits per heavy atom. The Kier molecular flexibility index (Phi) is 5.01. The van der Waals surface area contributed by atoms with E-state index in [2.05, 4.69) is 12.2 Å². The second-order valence-corrected chi connectivity index (χ2v) is 6.06. The Morgan fingerprint density at radius 3 is 2.41 bits per heavy atom. The van der Waals surface area contributed by atoms with Gasteiger partial charge in [0.25, 0.3) is 0 Å². The molecule has 4 heteroatoms. The zero-order chi connectivity index (χ0) is 16.3. The number of nitrogens with one attached hydrogen (secondary N) is 1. The number of carbonyl (C=O) groups excluding carboxylic acids is 1. The van der Waals surface area contributed by atoms with E-state index in [1.165, 1.54) is 0 Å². The standard InChI is InChI=1S/C18H23NO3/c1-4-13-6-5-7-14(10-13)19-17(20)15-8-11(2)12(3)9-16(15)18(21)22/h5-7,10,15-16H,4,8-9H2,1-3H3,(H,19,20)(H,21,22). The lowest BCUT2D eigenvalue weighted by molar-refractivity contribution is -0.146. The van der Waals surface area contributed by atoms with Crippen molar-refractivity contribution in [2.45, 2.75) is 40.0 Å². The summed E-state index contributed by atoms with van der Waals surface area (Å²) in [5.74, 6) is -2.24. The van der Waals surface area contributed by atoms with Crippen LogP contribution in [0.1, 0.15) is 39.2 Å². The highest BCUT2D eigenvalue weighted by Gasteiger charge is 2.37. The Labute approximate surface area is 131 Å². The minimum absolute atomic E-state index is 0.201. The molecule has 22 heavy (non-hydrogen) atoms. The summed E-state index contributed by atoms with van der Waals surface area (Å²) >= 11 is 0. The molecular weight excluding hydrogens is 278 g/mol. The van der Waals surface area contributed by atoms with Crippen molar-refractivity contribution in [3.8, 4) is 0 Å². The molecule has 4 nitrogen and oxygen atoms in total. The molecule has 0 bridgehead atoms. The number of carbonyl (C=O) groups is 2. The largest absolute Gasteiger partial charge is 0.481 e. The number of hydrogen-bond donors (Lipinski definition) is 2. The Balaban J connectivity index is 2.18. The Bertz CT molecular complexity index is 619. The summed E-state index contributed by atoms with van der Waals surface area (Å²) in [5, 5.41) is 12.3. The van der Waals surface area contributed by atoms with Crippen molar-refractivity contribution in [1.29, 1.82) is 0 Å². The van der Waals surface area contributed by atoms with Crippen molar-refractivity contribution in [3.63, 3.8) is 0 Å². The molecule has 1 aliphatic carbocycles. The predicted octanol–water partition coefficient (Wildman–Crippen LogP) is 3.63. The summed E-state index contributed by atoms with van der Waals surface area (Å²) < 4.78 is 0. The third kappa shape index (κ3) is 3.56. The van der Waals surface area contributed by atoms with E-state index in [-0.39, 0.29) is 5.91 Å². The second kappa shape index (κ2) is 6.77. The number of anilines is 1. The van der Waals surface area contributed by atoms with Gasteiger partial charge >= 0.3 is 5.97 Å². The fraction of sp³-hybridized carbons (Fsp3) is 0.444. The minimum atomic E-state index is -0.894. The molecule has 1 amide bonds. The van der Waals surface area contributed by atoms with E-state index in [9.17, 15) is 14.7 Å². The fourth-order valence-electron chi connectivity index (χ4n) is 2.93. The zero-order valence-electron chi connectivity index (χ0n) is 13.3. The topological polar surface area (TPSA) is 66.4 Å². The number of benzene rings is 1. The van der Waals surface area contributed by atoms with Gasteiger partial charge in [-0.25, -0.2) is 0 Å². The van der Waals surface area contributed by atoms with Gasteiger partial charge in [0, 0.05) is 5.69 Å². The molecule has 0 spiro atoms. The quantitative estimate of drug-likeness (QED) is 0.834. The van der Waals surface area contributed by atoms with Crippen molar-refractivity contribution >= 4 is 17.6 Å². The SMILES string of the molecule is CCc1cccc(NC(=O)C2CC(C)=C(C)CC2C(=O)O)c1. The van der Waals surface area contributed by atoms with Gasteiger partial charge in [0.1, 0.15) is 0 Å². The van der Waals surface area contributed by atoms with Crippen LogP contribution in [0.4, 0.5) is 5.69 Å². The van der Waals surface area contributed by atoms with E-state index >= 15 is 0 Å². The maximum Gasteiger partial charge on any atom is 0.307 e. The van der Waals surface area contributed by atoms with Crippen LogP contribution in [0, 0.1) is 11.8 Å². The third-order valence-electron chi connectivity index (χ3n) is 4.52. The van der Waals surface area contributed by atoms with E-state index < -0.39 is 17.8 Å². The maximum atomic E-state index is 12.5. The summed E-state index contributed by atoms with van der Waals surface area (Å²) in [6.45, 7) is 5.98. The van der Waals surface area contributed by atoms with Gasteiger partial charge in [-0.05, 0) is 50.8 Å². The number of aliphatic carboxylic acids is 1. The van der Waals surface area contributed by atoms with E-state index in [1.807, 2.05) is 38.1 Å². The molecule has 1 aromatic rings. The molecule has 0 radical (unpaired) electrons. The smallest absolute Gasteiger partial charge is 0.307 e. The molecule has 0 saturated heterocycles. The molecule has 2 unspecified atom stereocenters. The van der Waals surface area contributed by atoms with Crippen LogP contribution in [-0.4, -0.2) is 17.0 Å². The average Bonchev–Trinajstić information content (AvgIpc) is 2.49. The van der Waals surface area contributed by atoms with Crippen molar-refractivity contribution in [1.82, 2.24) is 0 Å². The maximum absolute atomic E-state index is 12.5. The van der Waals surface area contributed by atoms with Crippen LogP contribution in [0.25, 0.3) is 0 Å². The van der Waals surface area contributed by atoms with Crippen molar-refractivity contribution in [2.24, 2.45) is 11.8 Å². The Hall–Kier alpha value is -2.10. The normalized spacial score (nSPS) is 21.6. The van der Waals surface area contributed by atoms with Gasteiger partial charge < -0.3 is 10.4 Å². The number of rotatable bonds is 4. The van der Waals surface area contributed by atoms with Crippen LogP contribution in [0.15, 0.2) is 35.4 Å². The van der Waals surface area contributed by atoms with E-state index in [4.69, 9.17) is 0 Å². The molecular formula is C18H23NO3. The molecule has 0 saturated carbocycles. The predicted molar refractivity (Wildman–Crippen MR) is 86.7 cm³/mol. The fourth-order valence-corrected chi connectivity index (χ4v) is 2.93. The first kappa shape index (κ1) is 16.3. The van der Waals surface area contributed by atoms with E-state index in [0.29, 0.717) is 12.8 Å². The van der Waals surface area contributed by atoms with Crippen molar-refractivity contribution in [2.75, 3.05) is 5.32 Å².